The Kier molecular flexibility index (Phi) is 6.33. The van der Waals surface area contributed by atoms with E-state index in [2.05, 4.69) is 139 Å². The third kappa shape index (κ3) is 5.69. The van der Waals surface area contributed by atoms with Crippen LogP contribution in [-0.4, -0.2) is 0 Å². The van der Waals surface area contributed by atoms with Gasteiger partial charge in [-0.25, -0.2) is 0 Å². The van der Waals surface area contributed by atoms with Crippen LogP contribution in [0, 0.1) is 0 Å². The van der Waals surface area contributed by atoms with Crippen LogP contribution in [0.4, 0.5) is 0 Å². The molecule has 0 saturated heterocycles. The lowest BCUT2D eigenvalue weighted by molar-refractivity contribution is 0.569. The molecule has 3 aromatic rings. The molecule has 0 heterocycles. The van der Waals surface area contributed by atoms with Gasteiger partial charge in [0.2, 0.25) is 0 Å². The topological polar surface area (TPSA) is 0 Å². The third-order valence-electron chi connectivity index (χ3n) is 5.98. The molecule has 0 N–H and O–H groups in total. The van der Waals surface area contributed by atoms with Gasteiger partial charge in [0.25, 0.3) is 0 Å². The van der Waals surface area contributed by atoms with E-state index in [-0.39, 0.29) is 16.2 Å². The van der Waals surface area contributed by atoms with Crippen molar-refractivity contribution >= 4 is 15.9 Å². The van der Waals surface area contributed by atoms with E-state index in [1.807, 2.05) is 0 Å². The molecule has 0 aliphatic carbocycles. The van der Waals surface area contributed by atoms with Crippen LogP contribution in [0.5, 0.6) is 0 Å². The Bertz CT molecular complexity index is 1030. The lowest BCUT2D eigenvalue weighted by Crippen LogP contribution is -2.16. The van der Waals surface area contributed by atoms with Gasteiger partial charge in [0, 0.05) is 4.47 Å². The summed E-state index contributed by atoms with van der Waals surface area (Å²) in [5, 5.41) is 0. The summed E-state index contributed by atoms with van der Waals surface area (Å²) in [5.74, 6) is 0. The minimum Gasteiger partial charge on any atom is -0.0561 e. The van der Waals surface area contributed by atoms with Crippen molar-refractivity contribution in [2.75, 3.05) is 0 Å². The van der Waals surface area contributed by atoms with Gasteiger partial charge in [0.05, 0.1) is 0 Å². The Morgan fingerprint density at radius 2 is 0.742 bits per heavy atom. The van der Waals surface area contributed by atoms with Crippen LogP contribution in [0.2, 0.25) is 0 Å². The Morgan fingerprint density at radius 3 is 1.10 bits per heavy atom. The highest BCUT2D eigenvalue weighted by Gasteiger charge is 2.21. The predicted molar refractivity (Wildman–Crippen MR) is 141 cm³/mol. The monoisotopic (exact) mass is 476 g/mol. The summed E-state index contributed by atoms with van der Waals surface area (Å²) >= 11 is 3.71. The van der Waals surface area contributed by atoms with Crippen LogP contribution in [0.1, 0.15) is 79.0 Å². The molecule has 0 nitrogen and oxygen atoms in total. The van der Waals surface area contributed by atoms with Crippen molar-refractivity contribution in [1.82, 2.24) is 0 Å². The quantitative estimate of drug-likeness (QED) is 0.345. The fourth-order valence-corrected chi connectivity index (χ4v) is 4.20. The fourth-order valence-electron chi connectivity index (χ4n) is 3.70. The van der Waals surface area contributed by atoms with Crippen molar-refractivity contribution in [3.05, 3.63) is 81.8 Å². The molecule has 0 bridgehead atoms. The third-order valence-corrected chi connectivity index (χ3v) is 6.44. The van der Waals surface area contributed by atoms with Gasteiger partial charge in [-0.2, -0.15) is 0 Å². The molecule has 0 aliphatic heterocycles. The zero-order chi connectivity index (χ0) is 23.2. The highest BCUT2D eigenvalue weighted by Crippen LogP contribution is 2.36. The minimum atomic E-state index is 0.120. The van der Waals surface area contributed by atoms with Gasteiger partial charge in [0.15, 0.2) is 0 Å². The first-order valence-corrected chi connectivity index (χ1v) is 12.0. The van der Waals surface area contributed by atoms with Crippen molar-refractivity contribution in [3.8, 4) is 22.3 Å². The zero-order valence-electron chi connectivity index (χ0n) is 20.7. The zero-order valence-corrected chi connectivity index (χ0v) is 22.2. The minimum absolute atomic E-state index is 0.120. The largest absolute Gasteiger partial charge is 0.0561 e. The van der Waals surface area contributed by atoms with Gasteiger partial charge >= 0.3 is 0 Å². The molecule has 0 aromatic heterocycles. The van der Waals surface area contributed by atoms with Gasteiger partial charge in [-0.15, -0.1) is 0 Å². The van der Waals surface area contributed by atoms with E-state index in [1.165, 1.54) is 38.9 Å². The predicted octanol–water partition coefficient (Wildman–Crippen LogP) is 9.68. The Morgan fingerprint density at radius 1 is 0.419 bits per heavy atom. The Labute approximate surface area is 198 Å². The summed E-state index contributed by atoms with van der Waals surface area (Å²) in [6, 6.07) is 22.9. The smallest absolute Gasteiger partial charge is 0.0184 e. The summed E-state index contributed by atoms with van der Waals surface area (Å²) < 4.78 is 1.13. The molecule has 0 amide bonds. The van der Waals surface area contributed by atoms with Gasteiger partial charge in [-0.1, -0.05) is 127 Å². The van der Waals surface area contributed by atoms with Crippen LogP contribution in [0.25, 0.3) is 22.3 Å². The average Bonchev–Trinajstić information content (AvgIpc) is 2.65. The number of benzene rings is 3. The first-order valence-electron chi connectivity index (χ1n) is 11.2. The first-order chi connectivity index (χ1) is 14.1. The highest BCUT2D eigenvalue weighted by molar-refractivity contribution is 9.10. The molecular formula is C30H37Br. The van der Waals surface area contributed by atoms with E-state index < -0.39 is 0 Å². The SMILES string of the molecule is CC(C)(C)c1cc(Br)cc(-c2ccc(-c3cc(C(C)(C)C)cc(C(C)(C)C)c3)cc2)c1. The van der Waals surface area contributed by atoms with E-state index in [0.29, 0.717) is 0 Å². The molecule has 0 aliphatic rings. The molecule has 1 heteroatoms. The van der Waals surface area contributed by atoms with E-state index in [4.69, 9.17) is 0 Å². The maximum Gasteiger partial charge on any atom is 0.0184 e. The van der Waals surface area contributed by atoms with Crippen LogP contribution < -0.4 is 0 Å². The van der Waals surface area contributed by atoms with E-state index in [0.717, 1.165) is 4.47 Å². The van der Waals surface area contributed by atoms with Gasteiger partial charge in [-0.05, 0) is 67.3 Å². The normalized spacial score (nSPS) is 12.8. The number of rotatable bonds is 2. The second kappa shape index (κ2) is 8.24. The highest BCUT2D eigenvalue weighted by atomic mass is 79.9. The molecule has 3 rings (SSSR count). The number of hydrogen-bond donors (Lipinski definition) is 0. The maximum atomic E-state index is 3.71. The number of hydrogen-bond acceptors (Lipinski definition) is 0. The summed E-state index contributed by atoms with van der Waals surface area (Å²) in [4.78, 5) is 0. The average molecular weight is 478 g/mol. The van der Waals surface area contributed by atoms with E-state index in [9.17, 15) is 0 Å². The molecule has 0 fully saturated rings. The second-order valence-electron chi connectivity index (χ2n) is 11.9. The summed E-state index contributed by atoms with van der Waals surface area (Å²) in [6.07, 6.45) is 0. The molecule has 0 unspecified atom stereocenters. The molecule has 0 atom stereocenters. The Hall–Kier alpha value is -1.86. The second-order valence-corrected chi connectivity index (χ2v) is 12.8. The lowest BCUT2D eigenvalue weighted by atomic mass is 9.79. The van der Waals surface area contributed by atoms with Crippen molar-refractivity contribution < 1.29 is 0 Å². The molecule has 0 radical (unpaired) electrons. The molecular weight excluding hydrogens is 440 g/mol. The molecule has 31 heavy (non-hydrogen) atoms. The Balaban J connectivity index is 2.06. The van der Waals surface area contributed by atoms with Crippen LogP contribution in [-0.2, 0) is 16.2 Å². The molecule has 0 spiro atoms. The first kappa shape index (κ1) is 23.8. The van der Waals surface area contributed by atoms with Gasteiger partial charge in [0.1, 0.15) is 0 Å². The summed E-state index contributed by atoms with van der Waals surface area (Å²) in [5.41, 5.74) is 9.55. The van der Waals surface area contributed by atoms with E-state index >= 15 is 0 Å². The van der Waals surface area contributed by atoms with Crippen LogP contribution in [0.15, 0.2) is 65.1 Å². The molecule has 3 aromatic carbocycles. The van der Waals surface area contributed by atoms with Crippen molar-refractivity contribution in [2.24, 2.45) is 0 Å². The fraction of sp³-hybridized carbons (Fsp3) is 0.400. The van der Waals surface area contributed by atoms with Gasteiger partial charge in [-0.3, -0.25) is 0 Å². The van der Waals surface area contributed by atoms with Crippen LogP contribution >= 0.6 is 15.9 Å². The lowest BCUT2D eigenvalue weighted by Gasteiger charge is -2.26. The molecule has 0 saturated carbocycles. The molecule has 164 valence electrons. The van der Waals surface area contributed by atoms with Crippen LogP contribution in [0.3, 0.4) is 0 Å². The van der Waals surface area contributed by atoms with Crippen molar-refractivity contribution in [3.63, 3.8) is 0 Å². The van der Waals surface area contributed by atoms with Gasteiger partial charge < -0.3 is 0 Å². The summed E-state index contributed by atoms with van der Waals surface area (Å²) in [6.45, 7) is 20.5. The standard InChI is InChI=1S/C30H37Br/c1-28(2,3)24-14-22(15-25(18-24)29(4,5)6)20-10-12-21(13-11-20)23-16-26(30(7,8)9)19-27(31)17-23/h10-19H,1-9H3. The van der Waals surface area contributed by atoms with Crippen molar-refractivity contribution in [2.45, 2.75) is 78.6 Å². The van der Waals surface area contributed by atoms with Crippen molar-refractivity contribution in [1.29, 1.82) is 0 Å². The van der Waals surface area contributed by atoms with E-state index in [1.54, 1.807) is 0 Å². The number of halogens is 1. The summed E-state index contributed by atoms with van der Waals surface area (Å²) in [7, 11) is 0. The maximum absolute atomic E-state index is 3.71.